The highest BCUT2D eigenvalue weighted by Crippen LogP contribution is 2.29. The number of anilines is 1. The topological polar surface area (TPSA) is 98.9 Å². The van der Waals surface area contributed by atoms with Crippen molar-refractivity contribution in [1.29, 1.82) is 0 Å². The highest BCUT2D eigenvalue weighted by Gasteiger charge is 2.31. The second-order valence-electron chi connectivity index (χ2n) is 7.05. The molecule has 0 radical (unpaired) electrons. The highest BCUT2D eigenvalue weighted by molar-refractivity contribution is 6.33. The number of hydrogen-bond donors (Lipinski definition) is 2. The fourth-order valence-corrected chi connectivity index (χ4v) is 3.64. The van der Waals surface area contributed by atoms with Crippen molar-refractivity contribution >= 4 is 23.2 Å². The van der Waals surface area contributed by atoms with Crippen molar-refractivity contribution in [3.8, 4) is 11.5 Å². The molecule has 30 heavy (non-hydrogen) atoms. The van der Waals surface area contributed by atoms with E-state index in [1.807, 2.05) is 12.1 Å². The third-order valence-corrected chi connectivity index (χ3v) is 5.48. The van der Waals surface area contributed by atoms with Crippen LogP contribution >= 0.6 is 11.6 Å². The van der Waals surface area contributed by atoms with Gasteiger partial charge in [0.15, 0.2) is 0 Å². The average Bonchev–Trinajstić information content (AvgIpc) is 2.76. The SMILES string of the molecule is COc1cc(N)c(Cl)cc1C(=O)N[C@@H]1CCN(CCOc2ccncc2)C[C@@H]1OC. The Hall–Kier alpha value is -2.55. The van der Waals surface area contributed by atoms with Gasteiger partial charge < -0.3 is 25.3 Å². The summed E-state index contributed by atoms with van der Waals surface area (Å²) >= 11 is 6.09. The molecule has 1 aliphatic heterocycles. The molecule has 2 atom stereocenters. The summed E-state index contributed by atoms with van der Waals surface area (Å²) in [5, 5.41) is 3.37. The number of piperidine rings is 1. The molecule has 3 N–H and O–H groups in total. The predicted octanol–water partition coefficient (Wildman–Crippen LogP) is 2.22. The van der Waals surface area contributed by atoms with Gasteiger partial charge >= 0.3 is 0 Å². The third-order valence-electron chi connectivity index (χ3n) is 5.15. The van der Waals surface area contributed by atoms with E-state index in [2.05, 4.69) is 15.2 Å². The van der Waals surface area contributed by atoms with Crippen molar-refractivity contribution in [2.24, 2.45) is 0 Å². The van der Waals surface area contributed by atoms with Crippen molar-refractivity contribution in [1.82, 2.24) is 15.2 Å². The smallest absolute Gasteiger partial charge is 0.255 e. The lowest BCUT2D eigenvalue weighted by molar-refractivity contribution is 0.00322. The van der Waals surface area contributed by atoms with Gasteiger partial charge in [-0.2, -0.15) is 0 Å². The molecule has 2 aromatic rings. The van der Waals surface area contributed by atoms with E-state index < -0.39 is 0 Å². The normalized spacial score (nSPS) is 19.3. The predicted molar refractivity (Wildman–Crippen MR) is 115 cm³/mol. The van der Waals surface area contributed by atoms with Crippen molar-refractivity contribution in [2.45, 2.75) is 18.6 Å². The van der Waals surface area contributed by atoms with Crippen LogP contribution in [0.3, 0.4) is 0 Å². The molecule has 2 heterocycles. The number of ether oxygens (including phenoxy) is 3. The summed E-state index contributed by atoms with van der Waals surface area (Å²) in [7, 11) is 3.14. The maximum absolute atomic E-state index is 12.8. The Balaban J connectivity index is 1.55. The Morgan fingerprint density at radius 1 is 1.33 bits per heavy atom. The van der Waals surface area contributed by atoms with E-state index in [9.17, 15) is 4.79 Å². The molecule has 1 saturated heterocycles. The zero-order valence-electron chi connectivity index (χ0n) is 17.1. The minimum atomic E-state index is -0.268. The Morgan fingerprint density at radius 2 is 2.10 bits per heavy atom. The first-order valence-corrected chi connectivity index (χ1v) is 10.1. The summed E-state index contributed by atoms with van der Waals surface area (Å²) in [4.78, 5) is 19.1. The van der Waals surface area contributed by atoms with E-state index in [-0.39, 0.29) is 18.1 Å². The fourth-order valence-electron chi connectivity index (χ4n) is 3.48. The number of carbonyl (C=O) groups is 1. The molecule has 0 saturated carbocycles. The van der Waals surface area contributed by atoms with Crippen LogP contribution in [0.5, 0.6) is 11.5 Å². The number of aromatic nitrogens is 1. The maximum atomic E-state index is 12.8. The van der Waals surface area contributed by atoms with Crippen molar-refractivity contribution < 1.29 is 19.0 Å². The van der Waals surface area contributed by atoms with Crippen LogP contribution in [0.25, 0.3) is 0 Å². The molecule has 0 unspecified atom stereocenters. The van der Waals surface area contributed by atoms with Gasteiger partial charge in [-0.25, -0.2) is 0 Å². The quantitative estimate of drug-likeness (QED) is 0.614. The zero-order chi connectivity index (χ0) is 21.5. The van der Waals surface area contributed by atoms with E-state index in [1.54, 1.807) is 25.6 Å². The van der Waals surface area contributed by atoms with Gasteiger partial charge in [0.05, 0.1) is 35.5 Å². The van der Waals surface area contributed by atoms with Gasteiger partial charge in [0, 0.05) is 45.2 Å². The second-order valence-corrected chi connectivity index (χ2v) is 7.46. The van der Waals surface area contributed by atoms with Crippen LogP contribution in [0.2, 0.25) is 5.02 Å². The molecular formula is C21H27ClN4O4. The molecule has 0 bridgehead atoms. The van der Waals surface area contributed by atoms with Gasteiger partial charge in [-0.3, -0.25) is 14.7 Å². The van der Waals surface area contributed by atoms with Crippen molar-refractivity contribution in [3.05, 3.63) is 47.2 Å². The van der Waals surface area contributed by atoms with E-state index >= 15 is 0 Å². The minimum Gasteiger partial charge on any atom is -0.496 e. The number of carbonyl (C=O) groups excluding carboxylic acids is 1. The lowest BCUT2D eigenvalue weighted by Gasteiger charge is -2.38. The number of halogens is 1. The zero-order valence-corrected chi connectivity index (χ0v) is 17.9. The number of benzene rings is 1. The number of nitrogens with one attached hydrogen (secondary N) is 1. The van der Waals surface area contributed by atoms with E-state index in [4.69, 9.17) is 31.5 Å². The highest BCUT2D eigenvalue weighted by atomic mass is 35.5. The molecule has 0 spiro atoms. The van der Waals surface area contributed by atoms with Gasteiger partial charge in [0.2, 0.25) is 0 Å². The number of methoxy groups -OCH3 is 2. The Labute approximate surface area is 181 Å². The van der Waals surface area contributed by atoms with Crippen LogP contribution in [0.15, 0.2) is 36.7 Å². The Kier molecular flexibility index (Phi) is 7.73. The van der Waals surface area contributed by atoms with Crippen LogP contribution in [-0.4, -0.2) is 68.4 Å². The Bertz CT molecular complexity index is 852. The van der Waals surface area contributed by atoms with E-state index in [1.165, 1.54) is 13.2 Å². The van der Waals surface area contributed by atoms with Gasteiger partial charge in [-0.05, 0) is 24.6 Å². The fraction of sp³-hybridized carbons (Fsp3) is 0.429. The van der Waals surface area contributed by atoms with Crippen molar-refractivity contribution in [2.75, 3.05) is 46.2 Å². The van der Waals surface area contributed by atoms with Crippen LogP contribution in [0.1, 0.15) is 16.8 Å². The standard InChI is InChI=1S/C21H27ClN4O4/c1-28-19-12-17(23)16(22)11-15(19)21(27)25-18-5-8-26(13-20(18)29-2)9-10-30-14-3-6-24-7-4-14/h3-4,6-7,11-12,18,20H,5,8-10,13,23H2,1-2H3,(H,25,27)/t18-,20+/m1/s1. The van der Waals surface area contributed by atoms with Gasteiger partial charge in [-0.15, -0.1) is 0 Å². The lowest BCUT2D eigenvalue weighted by Crippen LogP contribution is -2.55. The monoisotopic (exact) mass is 434 g/mol. The largest absolute Gasteiger partial charge is 0.496 e. The summed E-state index contributed by atoms with van der Waals surface area (Å²) in [5.74, 6) is 0.913. The first-order valence-electron chi connectivity index (χ1n) is 9.73. The molecule has 1 aromatic heterocycles. The number of nitrogens with two attached hydrogens (primary N) is 1. The number of pyridine rings is 1. The van der Waals surface area contributed by atoms with Gasteiger partial charge in [0.25, 0.3) is 5.91 Å². The summed E-state index contributed by atoms with van der Waals surface area (Å²) in [6.45, 7) is 2.85. The molecule has 1 fully saturated rings. The average molecular weight is 435 g/mol. The van der Waals surface area contributed by atoms with Gasteiger partial charge in [0.1, 0.15) is 18.1 Å². The summed E-state index contributed by atoms with van der Waals surface area (Å²) in [5.41, 5.74) is 6.51. The van der Waals surface area contributed by atoms with Crippen molar-refractivity contribution in [3.63, 3.8) is 0 Å². The number of likely N-dealkylation sites (tertiary alicyclic amines) is 1. The van der Waals surface area contributed by atoms with Crippen LogP contribution < -0.4 is 20.5 Å². The van der Waals surface area contributed by atoms with Crippen LogP contribution in [-0.2, 0) is 4.74 Å². The molecule has 162 valence electrons. The number of rotatable bonds is 8. The maximum Gasteiger partial charge on any atom is 0.255 e. The number of amides is 1. The second kappa shape index (κ2) is 10.5. The molecule has 9 heteroatoms. The molecular weight excluding hydrogens is 408 g/mol. The number of nitrogens with zero attached hydrogens (tertiary/aromatic N) is 2. The molecule has 3 rings (SSSR count). The summed E-state index contributed by atoms with van der Waals surface area (Å²) in [6.07, 6.45) is 4.02. The molecule has 1 aromatic carbocycles. The van der Waals surface area contributed by atoms with Gasteiger partial charge in [-0.1, -0.05) is 11.6 Å². The third kappa shape index (κ3) is 5.53. The number of hydrogen-bond acceptors (Lipinski definition) is 7. The first-order chi connectivity index (χ1) is 14.5. The molecule has 8 nitrogen and oxygen atoms in total. The van der Waals surface area contributed by atoms with E-state index in [0.29, 0.717) is 35.2 Å². The minimum absolute atomic E-state index is 0.124. The first kappa shape index (κ1) is 22.1. The Morgan fingerprint density at radius 3 is 2.80 bits per heavy atom. The lowest BCUT2D eigenvalue weighted by atomic mass is 10.0. The number of nitrogen functional groups attached to an aromatic ring is 1. The van der Waals surface area contributed by atoms with E-state index in [0.717, 1.165) is 25.3 Å². The molecule has 1 amide bonds. The summed E-state index contributed by atoms with van der Waals surface area (Å²) in [6, 6.07) is 6.62. The van der Waals surface area contributed by atoms with Crippen LogP contribution in [0, 0.1) is 0 Å². The molecule has 1 aliphatic rings. The van der Waals surface area contributed by atoms with Crippen LogP contribution in [0.4, 0.5) is 5.69 Å². The summed E-state index contributed by atoms with van der Waals surface area (Å²) < 4.78 is 16.7. The molecule has 0 aliphatic carbocycles.